The highest BCUT2D eigenvalue weighted by molar-refractivity contribution is 5.91. The lowest BCUT2D eigenvalue weighted by molar-refractivity contribution is -0.170. The van der Waals surface area contributed by atoms with Crippen molar-refractivity contribution >= 4 is 23.3 Å². The van der Waals surface area contributed by atoms with Crippen molar-refractivity contribution in [2.24, 2.45) is 52.3 Å². The summed E-state index contributed by atoms with van der Waals surface area (Å²) in [5, 5.41) is 0. The van der Waals surface area contributed by atoms with Crippen LogP contribution in [0.3, 0.4) is 0 Å². The molecule has 5 heteroatoms. The van der Waals surface area contributed by atoms with Crippen molar-refractivity contribution in [2.45, 2.75) is 85.5 Å². The quantitative estimate of drug-likeness (QED) is 0.569. The molecule has 0 saturated heterocycles. The van der Waals surface area contributed by atoms with E-state index in [0.717, 1.165) is 25.7 Å². The van der Waals surface area contributed by atoms with Crippen molar-refractivity contribution in [1.82, 2.24) is 0 Å². The molecule has 0 unspecified atom stereocenters. The van der Waals surface area contributed by atoms with E-state index in [4.69, 9.17) is 4.74 Å². The van der Waals surface area contributed by atoms with Crippen LogP contribution in [-0.2, 0) is 23.9 Å². The van der Waals surface area contributed by atoms with E-state index in [-0.39, 0.29) is 64.0 Å². The van der Waals surface area contributed by atoms with Crippen molar-refractivity contribution < 1.29 is 23.9 Å². The Balaban J connectivity index is 1.65. The number of hydrogen-bond donors (Lipinski definition) is 0. The first-order chi connectivity index (χ1) is 15.1. The Hall–Kier alpha value is -1.52. The Morgan fingerprint density at radius 1 is 1.06 bits per heavy atom. The maximum Gasteiger partial charge on any atom is 0.305 e. The van der Waals surface area contributed by atoms with Crippen molar-refractivity contribution in [3.8, 4) is 0 Å². The second-order valence-corrected chi connectivity index (χ2v) is 11.8. The molecular formula is C27H40O5. The summed E-state index contributed by atoms with van der Waals surface area (Å²) in [6, 6.07) is 0. The third kappa shape index (κ3) is 3.40. The SMILES string of the molecule is CC[C@H]1C(=O)[C@@H]2[C@H](CC[C@]3(C)[C@@H]([C@H](C)CCC(=O)OC)C(=O)C[C@@H]23)[C@@]2(C)CCC(=O)C[C@@H]12. The first-order valence-corrected chi connectivity index (χ1v) is 12.7. The zero-order valence-corrected chi connectivity index (χ0v) is 20.4. The summed E-state index contributed by atoms with van der Waals surface area (Å²) in [7, 11) is 1.40. The summed E-state index contributed by atoms with van der Waals surface area (Å²) in [5.41, 5.74) is -0.165. The van der Waals surface area contributed by atoms with Crippen LogP contribution in [0.5, 0.6) is 0 Å². The van der Waals surface area contributed by atoms with Gasteiger partial charge in [-0.1, -0.05) is 27.7 Å². The van der Waals surface area contributed by atoms with Crippen LogP contribution in [0, 0.1) is 52.3 Å². The zero-order valence-electron chi connectivity index (χ0n) is 20.4. The zero-order chi connectivity index (χ0) is 23.4. The molecule has 5 nitrogen and oxygen atoms in total. The van der Waals surface area contributed by atoms with E-state index in [2.05, 4.69) is 27.7 Å². The highest BCUT2D eigenvalue weighted by Crippen LogP contribution is 2.67. The fourth-order valence-corrected chi connectivity index (χ4v) is 8.87. The smallest absolute Gasteiger partial charge is 0.305 e. The normalized spacial score (nSPS) is 44.5. The topological polar surface area (TPSA) is 77.5 Å². The van der Waals surface area contributed by atoms with Gasteiger partial charge in [-0.2, -0.15) is 0 Å². The van der Waals surface area contributed by atoms with Crippen LogP contribution >= 0.6 is 0 Å². The second-order valence-electron chi connectivity index (χ2n) is 11.8. The van der Waals surface area contributed by atoms with E-state index >= 15 is 0 Å². The van der Waals surface area contributed by atoms with Crippen molar-refractivity contribution in [2.75, 3.05) is 7.11 Å². The minimum absolute atomic E-state index is 0.0200. The molecule has 32 heavy (non-hydrogen) atoms. The predicted octanol–water partition coefficient (Wildman–Crippen LogP) is 4.80. The number of ketones is 3. The average molecular weight is 445 g/mol. The van der Waals surface area contributed by atoms with E-state index in [9.17, 15) is 19.2 Å². The first-order valence-electron chi connectivity index (χ1n) is 12.7. The molecule has 0 amide bonds. The monoisotopic (exact) mass is 444 g/mol. The fourth-order valence-electron chi connectivity index (χ4n) is 8.87. The standard InChI is InChI=1S/C27H40O5/c1-6-17-19-13-16(28)9-11-26(19,3)18-10-12-27(4)20(23(18)25(17)31)14-21(29)24(27)15(2)7-8-22(30)32-5/h15,17-20,23-24H,6-14H2,1-5H3/t15-,17-,18+,19+,20+,23-,24+,26-,27+/m1/s1. The van der Waals surface area contributed by atoms with E-state index in [1.165, 1.54) is 7.11 Å². The van der Waals surface area contributed by atoms with Gasteiger partial charge in [0, 0.05) is 43.4 Å². The molecule has 0 radical (unpaired) electrons. The Kier molecular flexibility index (Phi) is 6.17. The molecule has 0 heterocycles. The minimum Gasteiger partial charge on any atom is -0.469 e. The summed E-state index contributed by atoms with van der Waals surface area (Å²) in [4.78, 5) is 51.3. The van der Waals surface area contributed by atoms with Gasteiger partial charge in [0.2, 0.25) is 0 Å². The van der Waals surface area contributed by atoms with Crippen molar-refractivity contribution in [3.63, 3.8) is 0 Å². The molecular weight excluding hydrogens is 404 g/mol. The molecule has 0 aromatic rings. The Bertz CT molecular complexity index is 817. The molecule has 0 aliphatic heterocycles. The number of Topliss-reactive ketones (excluding diaryl/α,β-unsaturated/α-hetero) is 3. The summed E-state index contributed by atoms with van der Waals surface area (Å²) in [6.07, 6.45) is 6.25. The van der Waals surface area contributed by atoms with Gasteiger partial charge in [0.05, 0.1) is 7.11 Å². The molecule has 4 aliphatic carbocycles. The summed E-state index contributed by atoms with van der Waals surface area (Å²) >= 11 is 0. The van der Waals surface area contributed by atoms with E-state index in [1.54, 1.807) is 0 Å². The highest BCUT2D eigenvalue weighted by atomic mass is 16.5. The van der Waals surface area contributed by atoms with Crippen LogP contribution in [0.1, 0.15) is 85.5 Å². The van der Waals surface area contributed by atoms with E-state index in [0.29, 0.717) is 43.7 Å². The number of methoxy groups -OCH3 is 1. The molecule has 4 aliphatic rings. The number of ether oxygens (including phenoxy) is 1. The number of hydrogen-bond acceptors (Lipinski definition) is 5. The molecule has 9 atom stereocenters. The number of fused-ring (bicyclic) bond motifs is 5. The number of carbonyl (C=O) groups excluding carboxylic acids is 4. The molecule has 4 saturated carbocycles. The molecule has 4 fully saturated rings. The maximum absolute atomic E-state index is 13.9. The highest BCUT2D eigenvalue weighted by Gasteiger charge is 2.66. The second kappa shape index (κ2) is 8.36. The van der Waals surface area contributed by atoms with Gasteiger partial charge in [0.1, 0.15) is 17.3 Å². The molecule has 0 spiro atoms. The summed E-state index contributed by atoms with van der Waals surface area (Å²) in [5.74, 6) is 1.13. The van der Waals surface area contributed by atoms with Gasteiger partial charge in [0.25, 0.3) is 0 Å². The molecule has 0 aromatic heterocycles. The summed E-state index contributed by atoms with van der Waals surface area (Å²) < 4.78 is 4.81. The van der Waals surface area contributed by atoms with Gasteiger partial charge in [-0.25, -0.2) is 0 Å². The van der Waals surface area contributed by atoms with Gasteiger partial charge >= 0.3 is 5.97 Å². The van der Waals surface area contributed by atoms with Crippen LogP contribution < -0.4 is 0 Å². The number of esters is 1. The molecule has 178 valence electrons. The van der Waals surface area contributed by atoms with E-state index < -0.39 is 0 Å². The predicted molar refractivity (Wildman–Crippen MR) is 121 cm³/mol. The third-order valence-corrected chi connectivity index (χ3v) is 10.5. The van der Waals surface area contributed by atoms with Gasteiger partial charge in [0.15, 0.2) is 0 Å². The van der Waals surface area contributed by atoms with Crippen LogP contribution in [0.25, 0.3) is 0 Å². The average Bonchev–Trinajstić information content (AvgIpc) is 3.03. The molecule has 4 rings (SSSR count). The lowest BCUT2D eigenvalue weighted by atomic mass is 9.42. The minimum atomic E-state index is -0.230. The molecule has 0 bridgehead atoms. The molecule has 0 aromatic carbocycles. The van der Waals surface area contributed by atoms with Gasteiger partial charge < -0.3 is 4.74 Å². The van der Waals surface area contributed by atoms with Crippen molar-refractivity contribution in [3.05, 3.63) is 0 Å². The van der Waals surface area contributed by atoms with Crippen LogP contribution in [0.2, 0.25) is 0 Å². The van der Waals surface area contributed by atoms with Gasteiger partial charge in [-0.05, 0) is 66.6 Å². The third-order valence-electron chi connectivity index (χ3n) is 10.5. The van der Waals surface area contributed by atoms with Gasteiger partial charge in [-0.15, -0.1) is 0 Å². The lowest BCUT2D eigenvalue weighted by Gasteiger charge is -2.61. The number of rotatable bonds is 5. The molecule has 0 N–H and O–H groups in total. The largest absolute Gasteiger partial charge is 0.469 e. The first kappa shape index (κ1) is 23.6. The van der Waals surface area contributed by atoms with Crippen LogP contribution in [0.15, 0.2) is 0 Å². The maximum atomic E-state index is 13.9. The lowest BCUT2D eigenvalue weighted by Crippen LogP contribution is -2.60. The Labute approximate surface area is 192 Å². The van der Waals surface area contributed by atoms with Crippen LogP contribution in [0.4, 0.5) is 0 Å². The van der Waals surface area contributed by atoms with Crippen molar-refractivity contribution in [1.29, 1.82) is 0 Å². The Morgan fingerprint density at radius 2 is 1.78 bits per heavy atom. The van der Waals surface area contributed by atoms with Gasteiger partial charge in [-0.3, -0.25) is 19.2 Å². The van der Waals surface area contributed by atoms with Crippen LogP contribution in [-0.4, -0.2) is 30.4 Å². The van der Waals surface area contributed by atoms with E-state index in [1.807, 2.05) is 0 Å². The fraction of sp³-hybridized carbons (Fsp3) is 0.852. The Morgan fingerprint density at radius 3 is 2.44 bits per heavy atom. The summed E-state index contributed by atoms with van der Waals surface area (Å²) in [6.45, 7) is 8.76. The number of carbonyl (C=O) groups is 4.